The Labute approximate surface area is 70.8 Å². The van der Waals surface area contributed by atoms with E-state index in [1.807, 2.05) is 0 Å². The van der Waals surface area contributed by atoms with Crippen LogP contribution in [0.2, 0.25) is 0 Å². The lowest BCUT2D eigenvalue weighted by Gasteiger charge is -2.18. The van der Waals surface area contributed by atoms with E-state index in [0.717, 1.165) is 11.0 Å². The first kappa shape index (κ1) is 9.95. The van der Waals surface area contributed by atoms with Gasteiger partial charge in [-0.25, -0.2) is 0 Å². The van der Waals surface area contributed by atoms with Crippen LogP contribution in [0.1, 0.15) is 20.8 Å². The molecule has 0 fully saturated rings. The molecule has 0 radical (unpaired) electrons. The maximum Gasteiger partial charge on any atom is 0.106 e. The van der Waals surface area contributed by atoms with E-state index < -0.39 is 0 Å². The summed E-state index contributed by atoms with van der Waals surface area (Å²) in [5, 5.41) is 4.65. The van der Waals surface area contributed by atoms with E-state index in [1.54, 1.807) is 7.11 Å². The number of hydrogen-bond acceptors (Lipinski definition) is 2. The Kier molecular flexibility index (Phi) is 3.94. The summed E-state index contributed by atoms with van der Waals surface area (Å²) in [4.78, 5) is 4.68. The van der Waals surface area contributed by atoms with Crippen LogP contribution < -0.4 is 0 Å². The molecule has 0 saturated carbocycles. The van der Waals surface area contributed by atoms with E-state index >= 15 is 0 Å². The van der Waals surface area contributed by atoms with E-state index in [2.05, 4.69) is 46.7 Å². The van der Waals surface area contributed by atoms with E-state index in [-0.39, 0.29) is 5.41 Å². The van der Waals surface area contributed by atoms with Gasteiger partial charge in [0.1, 0.15) is 7.11 Å². The van der Waals surface area contributed by atoms with Crippen LogP contribution in [0.15, 0.2) is 5.16 Å². The van der Waals surface area contributed by atoms with Gasteiger partial charge in [0.25, 0.3) is 0 Å². The summed E-state index contributed by atoms with van der Waals surface area (Å²) >= 11 is 3.34. The largest absolute Gasteiger partial charge is 0.399 e. The lowest BCUT2D eigenvalue weighted by Crippen LogP contribution is -2.21. The molecule has 0 amide bonds. The van der Waals surface area contributed by atoms with E-state index in [4.69, 9.17) is 0 Å². The van der Waals surface area contributed by atoms with Gasteiger partial charge in [-0.1, -0.05) is 41.9 Å². The van der Waals surface area contributed by atoms with Crippen molar-refractivity contribution in [2.45, 2.75) is 20.8 Å². The third-order valence-electron chi connectivity index (χ3n) is 1.19. The number of nitrogens with zero attached hydrogens (tertiary/aromatic N) is 1. The van der Waals surface area contributed by atoms with Crippen molar-refractivity contribution >= 4 is 21.6 Å². The molecule has 0 atom stereocenters. The molecule has 0 aliphatic rings. The second-order valence-electron chi connectivity index (χ2n) is 3.10. The van der Waals surface area contributed by atoms with Crippen molar-refractivity contribution in [3.63, 3.8) is 0 Å². The first-order chi connectivity index (χ1) is 4.52. The molecule has 3 heteroatoms. The SMILES string of the molecule is CON=C(CBr)C(C)(C)C. The Morgan fingerprint density at radius 3 is 2.10 bits per heavy atom. The molecule has 0 rings (SSSR count). The number of rotatable bonds is 2. The number of oxime groups is 1. The number of hydrogen-bond donors (Lipinski definition) is 0. The van der Waals surface area contributed by atoms with Gasteiger partial charge in [0, 0.05) is 10.7 Å². The van der Waals surface area contributed by atoms with Crippen molar-refractivity contribution in [2.75, 3.05) is 12.4 Å². The zero-order chi connectivity index (χ0) is 8.20. The molecule has 2 nitrogen and oxygen atoms in total. The van der Waals surface area contributed by atoms with Crippen molar-refractivity contribution in [2.24, 2.45) is 10.6 Å². The molecule has 0 aliphatic carbocycles. The first-order valence-electron chi connectivity index (χ1n) is 3.19. The zero-order valence-corrected chi connectivity index (χ0v) is 8.53. The summed E-state index contributed by atoms with van der Waals surface area (Å²) in [6.45, 7) is 6.31. The van der Waals surface area contributed by atoms with E-state index in [0.29, 0.717) is 0 Å². The van der Waals surface area contributed by atoms with Crippen molar-refractivity contribution < 1.29 is 4.84 Å². The maximum absolute atomic E-state index is 4.68. The quantitative estimate of drug-likeness (QED) is 0.388. The van der Waals surface area contributed by atoms with Crippen LogP contribution in [0.25, 0.3) is 0 Å². The number of alkyl halides is 1. The minimum absolute atomic E-state index is 0.0967. The summed E-state index contributed by atoms with van der Waals surface area (Å²) in [5.41, 5.74) is 1.12. The fourth-order valence-corrected chi connectivity index (χ4v) is 1.42. The molecule has 0 aromatic carbocycles. The summed E-state index contributed by atoms with van der Waals surface area (Å²) in [6, 6.07) is 0. The Hall–Kier alpha value is -0.0500. The van der Waals surface area contributed by atoms with Crippen LogP contribution in [0.4, 0.5) is 0 Å². The lowest BCUT2D eigenvalue weighted by atomic mass is 9.91. The van der Waals surface area contributed by atoms with Crippen LogP contribution in [0, 0.1) is 5.41 Å². The van der Waals surface area contributed by atoms with Crippen molar-refractivity contribution in [3.05, 3.63) is 0 Å². The Morgan fingerprint density at radius 1 is 1.50 bits per heavy atom. The Morgan fingerprint density at radius 2 is 2.00 bits per heavy atom. The molecule has 10 heavy (non-hydrogen) atoms. The second-order valence-corrected chi connectivity index (χ2v) is 3.66. The molecular weight excluding hydrogens is 194 g/mol. The van der Waals surface area contributed by atoms with Crippen LogP contribution >= 0.6 is 15.9 Å². The van der Waals surface area contributed by atoms with Gasteiger partial charge in [-0.3, -0.25) is 0 Å². The van der Waals surface area contributed by atoms with Gasteiger partial charge in [-0.05, 0) is 0 Å². The fraction of sp³-hybridized carbons (Fsp3) is 0.857. The van der Waals surface area contributed by atoms with Gasteiger partial charge in [-0.2, -0.15) is 0 Å². The third kappa shape index (κ3) is 3.20. The van der Waals surface area contributed by atoms with Crippen molar-refractivity contribution in [3.8, 4) is 0 Å². The second kappa shape index (κ2) is 3.96. The molecular formula is C7H14BrNO. The maximum atomic E-state index is 4.68. The topological polar surface area (TPSA) is 21.6 Å². The van der Waals surface area contributed by atoms with Crippen molar-refractivity contribution in [1.29, 1.82) is 0 Å². The molecule has 0 N–H and O–H groups in total. The average molecular weight is 208 g/mol. The fourth-order valence-electron chi connectivity index (χ4n) is 0.472. The summed E-state index contributed by atoms with van der Waals surface area (Å²) < 4.78 is 0. The third-order valence-corrected chi connectivity index (χ3v) is 1.72. The van der Waals surface area contributed by atoms with Crippen LogP contribution in [0.3, 0.4) is 0 Å². The molecule has 0 aliphatic heterocycles. The van der Waals surface area contributed by atoms with Crippen LogP contribution in [-0.2, 0) is 4.84 Å². The minimum Gasteiger partial charge on any atom is -0.399 e. The Bertz CT molecular complexity index is 126. The van der Waals surface area contributed by atoms with E-state index in [9.17, 15) is 0 Å². The van der Waals surface area contributed by atoms with Gasteiger partial charge < -0.3 is 4.84 Å². The molecule has 0 aromatic rings. The summed E-state index contributed by atoms with van der Waals surface area (Å²) in [5.74, 6) is 0. The molecule has 0 unspecified atom stereocenters. The molecule has 0 bridgehead atoms. The predicted octanol–water partition coefficient (Wildman–Crippen LogP) is 2.43. The van der Waals surface area contributed by atoms with Gasteiger partial charge >= 0.3 is 0 Å². The summed E-state index contributed by atoms with van der Waals surface area (Å²) in [7, 11) is 1.56. The zero-order valence-electron chi connectivity index (χ0n) is 6.94. The van der Waals surface area contributed by atoms with Gasteiger partial charge in [0.15, 0.2) is 0 Å². The molecule has 0 saturated heterocycles. The highest BCUT2D eigenvalue weighted by atomic mass is 79.9. The normalized spacial score (nSPS) is 13.5. The van der Waals surface area contributed by atoms with Gasteiger partial charge in [-0.15, -0.1) is 0 Å². The predicted molar refractivity (Wildman–Crippen MR) is 47.7 cm³/mol. The summed E-state index contributed by atoms with van der Waals surface area (Å²) in [6.07, 6.45) is 0. The minimum atomic E-state index is 0.0967. The average Bonchev–Trinajstić information content (AvgIpc) is 1.80. The standard InChI is InChI=1S/C7H14BrNO/c1-7(2,3)6(5-8)9-10-4/h5H2,1-4H3. The monoisotopic (exact) mass is 207 g/mol. The number of halogens is 1. The molecule has 0 heterocycles. The van der Waals surface area contributed by atoms with Crippen LogP contribution in [-0.4, -0.2) is 18.2 Å². The van der Waals surface area contributed by atoms with Crippen molar-refractivity contribution in [1.82, 2.24) is 0 Å². The Balaban J connectivity index is 4.21. The smallest absolute Gasteiger partial charge is 0.106 e. The van der Waals surface area contributed by atoms with Gasteiger partial charge in [0.2, 0.25) is 0 Å². The highest BCUT2D eigenvalue weighted by Gasteiger charge is 2.17. The first-order valence-corrected chi connectivity index (χ1v) is 4.31. The highest BCUT2D eigenvalue weighted by Crippen LogP contribution is 2.17. The molecule has 0 spiro atoms. The van der Waals surface area contributed by atoms with Gasteiger partial charge in [0.05, 0.1) is 5.71 Å². The lowest BCUT2D eigenvalue weighted by molar-refractivity contribution is 0.209. The van der Waals surface area contributed by atoms with Crippen LogP contribution in [0.5, 0.6) is 0 Å². The highest BCUT2D eigenvalue weighted by molar-refractivity contribution is 9.09. The molecule has 0 aromatic heterocycles. The molecule has 60 valence electrons. The van der Waals surface area contributed by atoms with E-state index in [1.165, 1.54) is 0 Å².